The number of carbonyl (C=O) groups is 2. The second-order valence-corrected chi connectivity index (χ2v) is 9.68. The van der Waals surface area contributed by atoms with Crippen molar-refractivity contribution < 1.29 is 14.3 Å². The molecule has 4 rings (SSSR count). The molecule has 2 aromatic rings. The molecule has 0 saturated carbocycles. The van der Waals surface area contributed by atoms with E-state index in [1.165, 1.54) is 5.56 Å². The Morgan fingerprint density at radius 1 is 1.12 bits per heavy atom. The van der Waals surface area contributed by atoms with Crippen molar-refractivity contribution in [2.45, 2.75) is 43.7 Å². The van der Waals surface area contributed by atoms with Crippen molar-refractivity contribution in [3.63, 3.8) is 0 Å². The highest BCUT2D eigenvalue weighted by Crippen LogP contribution is 2.46. The molecule has 2 aliphatic heterocycles. The summed E-state index contributed by atoms with van der Waals surface area (Å²) < 4.78 is 5.80. The fourth-order valence-corrected chi connectivity index (χ4v) is 5.42. The standard InChI is InChI=1S/C25H28BrClN2O3/c1-29-20-10-11-22(29)24(21(14-20)17-4-6-18(27)7-5-17)25(31)32-13-12-16-2-8-19(9-3-16)28-23(30)15-26/h2-9,20-22,24H,10-15H2,1H3,(H,28,30)/t20-,21-,22?,24+/m1/s1. The number of fused-ring (bicyclic) bond motifs is 2. The summed E-state index contributed by atoms with van der Waals surface area (Å²) >= 11 is 9.22. The zero-order chi connectivity index (χ0) is 22.7. The van der Waals surface area contributed by atoms with Gasteiger partial charge in [-0.2, -0.15) is 0 Å². The monoisotopic (exact) mass is 518 g/mol. The number of halogens is 2. The van der Waals surface area contributed by atoms with E-state index in [2.05, 4.69) is 33.2 Å². The first-order chi connectivity index (χ1) is 15.5. The van der Waals surface area contributed by atoms with Gasteiger partial charge in [0.1, 0.15) is 0 Å². The number of nitrogens with zero attached hydrogens (tertiary/aromatic N) is 1. The van der Waals surface area contributed by atoms with Crippen LogP contribution in [0.5, 0.6) is 0 Å². The Morgan fingerprint density at radius 3 is 2.53 bits per heavy atom. The molecule has 170 valence electrons. The maximum atomic E-state index is 13.3. The van der Waals surface area contributed by atoms with Crippen LogP contribution in [-0.4, -0.2) is 47.8 Å². The lowest BCUT2D eigenvalue weighted by atomic mass is 9.76. The van der Waals surface area contributed by atoms with Crippen LogP contribution in [0, 0.1) is 5.92 Å². The van der Waals surface area contributed by atoms with Gasteiger partial charge in [-0.15, -0.1) is 0 Å². The lowest BCUT2D eigenvalue weighted by molar-refractivity contribution is -0.153. The number of ether oxygens (including phenoxy) is 1. The quantitative estimate of drug-likeness (QED) is 0.412. The number of hydrogen-bond acceptors (Lipinski definition) is 4. The van der Waals surface area contributed by atoms with Gasteiger partial charge < -0.3 is 10.1 Å². The molecule has 2 bridgehead atoms. The fourth-order valence-electron chi connectivity index (χ4n) is 5.16. The third-order valence-electron chi connectivity index (χ3n) is 6.83. The van der Waals surface area contributed by atoms with Crippen molar-refractivity contribution in [3.05, 3.63) is 64.7 Å². The molecule has 0 aliphatic carbocycles. The molecule has 5 nitrogen and oxygen atoms in total. The van der Waals surface area contributed by atoms with Gasteiger partial charge >= 0.3 is 5.97 Å². The number of amides is 1. The highest BCUT2D eigenvalue weighted by atomic mass is 79.9. The first kappa shape index (κ1) is 23.3. The molecular formula is C25H28BrClN2O3. The van der Waals surface area contributed by atoms with E-state index < -0.39 is 0 Å². The van der Waals surface area contributed by atoms with E-state index in [1.807, 2.05) is 48.5 Å². The molecule has 1 amide bonds. The van der Waals surface area contributed by atoms with Gasteiger partial charge in [0.15, 0.2) is 0 Å². The maximum Gasteiger partial charge on any atom is 0.311 e. The molecule has 32 heavy (non-hydrogen) atoms. The second kappa shape index (κ2) is 10.4. The second-order valence-electron chi connectivity index (χ2n) is 8.68. The molecule has 0 radical (unpaired) electrons. The molecule has 4 atom stereocenters. The fraction of sp³-hybridized carbons (Fsp3) is 0.440. The van der Waals surface area contributed by atoms with Gasteiger partial charge in [0.05, 0.1) is 17.9 Å². The molecule has 1 N–H and O–H groups in total. The predicted octanol–water partition coefficient (Wildman–Crippen LogP) is 5.03. The van der Waals surface area contributed by atoms with Crippen molar-refractivity contribution in [1.82, 2.24) is 4.90 Å². The number of piperidine rings is 1. The van der Waals surface area contributed by atoms with Gasteiger partial charge in [-0.25, -0.2) is 0 Å². The number of anilines is 1. The Kier molecular flexibility index (Phi) is 7.54. The van der Waals surface area contributed by atoms with E-state index in [0.717, 1.165) is 30.5 Å². The van der Waals surface area contributed by atoms with Crippen LogP contribution < -0.4 is 5.32 Å². The molecule has 2 fully saturated rings. The highest BCUT2D eigenvalue weighted by molar-refractivity contribution is 9.09. The number of esters is 1. The maximum absolute atomic E-state index is 13.3. The van der Waals surface area contributed by atoms with E-state index in [1.54, 1.807) is 0 Å². The minimum absolute atomic E-state index is 0.0893. The van der Waals surface area contributed by atoms with Crippen LogP contribution >= 0.6 is 27.5 Å². The summed E-state index contributed by atoms with van der Waals surface area (Å²) in [6.07, 6.45) is 3.77. The zero-order valence-electron chi connectivity index (χ0n) is 18.1. The predicted molar refractivity (Wildman–Crippen MR) is 130 cm³/mol. The van der Waals surface area contributed by atoms with Gasteiger partial charge in [0.2, 0.25) is 5.91 Å². The molecule has 0 spiro atoms. The largest absolute Gasteiger partial charge is 0.465 e. The van der Waals surface area contributed by atoms with Gasteiger partial charge in [0.25, 0.3) is 0 Å². The van der Waals surface area contributed by atoms with E-state index >= 15 is 0 Å². The summed E-state index contributed by atoms with van der Waals surface area (Å²) in [6, 6.07) is 16.3. The van der Waals surface area contributed by atoms with Crippen LogP contribution in [0.25, 0.3) is 0 Å². The third-order valence-corrected chi connectivity index (χ3v) is 7.59. The number of benzene rings is 2. The van der Waals surface area contributed by atoms with Crippen LogP contribution in [0.2, 0.25) is 5.02 Å². The Morgan fingerprint density at radius 2 is 1.84 bits per heavy atom. The average molecular weight is 520 g/mol. The van der Waals surface area contributed by atoms with E-state index in [4.69, 9.17) is 16.3 Å². The van der Waals surface area contributed by atoms with Crippen molar-refractivity contribution in [3.8, 4) is 0 Å². The van der Waals surface area contributed by atoms with Crippen LogP contribution in [0.3, 0.4) is 0 Å². The van der Waals surface area contributed by atoms with Gasteiger partial charge in [-0.05, 0) is 61.7 Å². The van der Waals surface area contributed by atoms with E-state index in [9.17, 15) is 9.59 Å². The van der Waals surface area contributed by atoms with Crippen LogP contribution in [-0.2, 0) is 20.7 Å². The summed E-state index contributed by atoms with van der Waals surface area (Å²) in [5.74, 6) is -0.204. The number of rotatable bonds is 7. The molecule has 0 aromatic heterocycles. The molecule has 1 unspecified atom stereocenters. The van der Waals surface area contributed by atoms with Crippen molar-refractivity contribution in [1.29, 1.82) is 0 Å². The van der Waals surface area contributed by atoms with Gasteiger partial charge in [0, 0.05) is 35.1 Å². The molecule has 7 heteroatoms. The van der Waals surface area contributed by atoms with Crippen molar-refractivity contribution in [2.24, 2.45) is 5.92 Å². The van der Waals surface area contributed by atoms with Crippen molar-refractivity contribution in [2.75, 3.05) is 24.3 Å². The van der Waals surface area contributed by atoms with E-state index in [-0.39, 0.29) is 35.1 Å². The molecule has 2 heterocycles. The Hall–Kier alpha value is -1.89. The average Bonchev–Trinajstić information content (AvgIpc) is 3.02. The smallest absolute Gasteiger partial charge is 0.311 e. The lowest BCUT2D eigenvalue weighted by Crippen LogP contribution is -2.49. The summed E-state index contributed by atoms with van der Waals surface area (Å²) in [4.78, 5) is 27.1. The molecule has 2 saturated heterocycles. The number of alkyl halides is 1. The van der Waals surface area contributed by atoms with Crippen LogP contribution in [0.15, 0.2) is 48.5 Å². The number of nitrogens with one attached hydrogen (secondary N) is 1. The van der Waals surface area contributed by atoms with Crippen LogP contribution in [0.1, 0.15) is 36.3 Å². The molecule has 2 aromatic carbocycles. The number of carbonyl (C=O) groups excluding carboxylic acids is 2. The number of hydrogen-bond donors (Lipinski definition) is 1. The summed E-state index contributed by atoms with van der Waals surface area (Å²) in [5, 5.41) is 3.77. The first-order valence-corrected chi connectivity index (χ1v) is 12.5. The highest BCUT2D eigenvalue weighted by Gasteiger charge is 2.49. The Bertz CT molecular complexity index is 951. The minimum Gasteiger partial charge on any atom is -0.465 e. The summed E-state index contributed by atoms with van der Waals surface area (Å²) in [6.45, 7) is 0.343. The first-order valence-electron chi connectivity index (χ1n) is 11.0. The van der Waals surface area contributed by atoms with Crippen LogP contribution in [0.4, 0.5) is 5.69 Å². The van der Waals surface area contributed by atoms with E-state index in [0.29, 0.717) is 24.1 Å². The SMILES string of the molecule is CN1C2CC[C@@H]1C[C@H](c1ccc(Cl)cc1)[C@@H]2C(=O)OCCc1ccc(NC(=O)CBr)cc1. The molecule has 2 aliphatic rings. The summed E-state index contributed by atoms with van der Waals surface area (Å²) in [7, 11) is 2.14. The summed E-state index contributed by atoms with van der Waals surface area (Å²) in [5.41, 5.74) is 2.98. The van der Waals surface area contributed by atoms with Crippen molar-refractivity contribution >= 4 is 45.1 Å². The lowest BCUT2D eigenvalue weighted by Gasteiger charge is -2.42. The zero-order valence-corrected chi connectivity index (χ0v) is 20.4. The normalized spacial score (nSPS) is 24.8. The third kappa shape index (κ3) is 5.19. The Balaban J connectivity index is 1.39. The van der Waals surface area contributed by atoms with Gasteiger partial charge in [-0.3, -0.25) is 14.5 Å². The van der Waals surface area contributed by atoms with Gasteiger partial charge in [-0.1, -0.05) is 51.8 Å². The minimum atomic E-state index is -0.165. The molecular weight excluding hydrogens is 492 g/mol. The Labute approximate surface area is 202 Å². The topological polar surface area (TPSA) is 58.6 Å².